The first-order valence-corrected chi connectivity index (χ1v) is 8.46. The van der Waals surface area contributed by atoms with Gasteiger partial charge in [-0.1, -0.05) is 0 Å². The smallest absolute Gasteiger partial charge is 0.270 e. The van der Waals surface area contributed by atoms with Crippen molar-refractivity contribution in [1.82, 2.24) is 14.5 Å². The Bertz CT molecular complexity index is 778. The second-order valence-electron chi connectivity index (χ2n) is 6.45. The fourth-order valence-corrected chi connectivity index (χ4v) is 3.68. The number of amides is 1. The Balaban J connectivity index is 1.59. The zero-order chi connectivity index (χ0) is 17.4. The number of carbonyl (C=O) groups is 1. The lowest BCUT2D eigenvalue weighted by molar-refractivity contribution is -0.0463. The van der Waals surface area contributed by atoms with E-state index in [4.69, 9.17) is 9.47 Å². The van der Waals surface area contributed by atoms with Crippen molar-refractivity contribution in [2.45, 2.75) is 31.1 Å². The minimum atomic E-state index is -0.512. The lowest BCUT2D eigenvalue weighted by atomic mass is 10.0. The van der Waals surface area contributed by atoms with E-state index in [2.05, 4.69) is 4.98 Å². The fraction of sp³-hybridized carbons (Fsp3) is 0.444. The third-order valence-electron chi connectivity index (χ3n) is 4.89. The van der Waals surface area contributed by atoms with Gasteiger partial charge in [-0.25, -0.2) is 9.37 Å². The van der Waals surface area contributed by atoms with Gasteiger partial charge < -0.3 is 18.9 Å². The Hall–Kier alpha value is -2.41. The van der Waals surface area contributed by atoms with E-state index in [-0.39, 0.29) is 23.9 Å². The molecule has 3 atom stereocenters. The number of fused-ring (bicyclic) bond motifs is 1. The highest BCUT2D eigenvalue weighted by atomic mass is 19.1. The van der Waals surface area contributed by atoms with Crippen molar-refractivity contribution in [3.63, 3.8) is 0 Å². The van der Waals surface area contributed by atoms with E-state index in [1.807, 2.05) is 19.3 Å². The molecule has 2 fully saturated rings. The maximum absolute atomic E-state index is 13.9. The highest BCUT2D eigenvalue weighted by Crippen LogP contribution is 2.32. The van der Waals surface area contributed by atoms with Crippen LogP contribution in [0.2, 0.25) is 0 Å². The first-order valence-electron chi connectivity index (χ1n) is 8.46. The van der Waals surface area contributed by atoms with Crippen LogP contribution in [0.15, 0.2) is 36.7 Å². The first kappa shape index (κ1) is 16.1. The molecule has 6 nitrogen and oxygen atoms in total. The van der Waals surface area contributed by atoms with Gasteiger partial charge in [0.05, 0.1) is 12.6 Å². The quantitative estimate of drug-likeness (QED) is 0.854. The molecule has 0 N–H and O–H groups in total. The van der Waals surface area contributed by atoms with Gasteiger partial charge in [-0.3, -0.25) is 4.79 Å². The molecular weight excluding hydrogens is 325 g/mol. The second-order valence-corrected chi connectivity index (χ2v) is 6.45. The summed E-state index contributed by atoms with van der Waals surface area (Å²) in [4.78, 5) is 18.7. The Labute approximate surface area is 145 Å². The van der Waals surface area contributed by atoms with Gasteiger partial charge in [0.1, 0.15) is 17.9 Å². The number of halogens is 1. The summed E-state index contributed by atoms with van der Waals surface area (Å²) >= 11 is 0. The molecule has 0 radical (unpaired) electrons. The van der Waals surface area contributed by atoms with E-state index in [1.54, 1.807) is 15.5 Å². The standard InChI is InChI=1S/C18H20FN3O3/c1-21-9-3-6-14(21)18(23)22-11-15(16-13(22)7-4-10-24-16)25-17-12(19)5-2-8-20-17/h2-3,5-6,8-9,13,15-16H,4,7,10-11H2,1H3/t13-,15+,16+/m0/s1. The number of likely N-dealkylation sites (tertiary alicyclic amines) is 1. The topological polar surface area (TPSA) is 56.6 Å². The van der Waals surface area contributed by atoms with Gasteiger partial charge in [-0.2, -0.15) is 0 Å². The van der Waals surface area contributed by atoms with Crippen molar-refractivity contribution in [3.05, 3.63) is 48.2 Å². The molecule has 4 rings (SSSR count). The number of hydrogen-bond acceptors (Lipinski definition) is 4. The second kappa shape index (κ2) is 6.48. The Morgan fingerprint density at radius 2 is 2.28 bits per heavy atom. The Morgan fingerprint density at radius 3 is 3.04 bits per heavy atom. The summed E-state index contributed by atoms with van der Waals surface area (Å²) in [5.41, 5.74) is 0.619. The van der Waals surface area contributed by atoms with Crippen LogP contribution in [0, 0.1) is 5.82 Å². The summed E-state index contributed by atoms with van der Waals surface area (Å²) in [6.07, 6.45) is 4.38. The van der Waals surface area contributed by atoms with E-state index in [0.29, 0.717) is 18.8 Å². The maximum Gasteiger partial charge on any atom is 0.270 e. The molecule has 1 amide bonds. The average molecular weight is 345 g/mol. The third kappa shape index (κ3) is 2.89. The number of carbonyl (C=O) groups excluding carboxylic acids is 1. The molecule has 0 aromatic carbocycles. The molecule has 25 heavy (non-hydrogen) atoms. The number of hydrogen-bond donors (Lipinski definition) is 0. The average Bonchev–Trinajstić information content (AvgIpc) is 3.21. The molecule has 2 aliphatic rings. The maximum atomic E-state index is 13.9. The number of aromatic nitrogens is 2. The number of rotatable bonds is 3. The molecule has 132 valence electrons. The summed E-state index contributed by atoms with van der Waals surface area (Å²) in [6.45, 7) is 0.979. The van der Waals surface area contributed by atoms with Crippen molar-refractivity contribution in [2.24, 2.45) is 7.05 Å². The number of ether oxygens (including phenoxy) is 2. The van der Waals surface area contributed by atoms with Crippen LogP contribution in [0.5, 0.6) is 5.88 Å². The molecular formula is C18H20FN3O3. The Morgan fingerprint density at radius 1 is 1.40 bits per heavy atom. The number of pyridine rings is 1. The van der Waals surface area contributed by atoms with Crippen molar-refractivity contribution < 1.29 is 18.7 Å². The molecule has 7 heteroatoms. The molecule has 0 unspecified atom stereocenters. The van der Waals surface area contributed by atoms with Crippen LogP contribution >= 0.6 is 0 Å². The lowest BCUT2D eigenvalue weighted by Crippen LogP contribution is -2.44. The molecule has 2 aliphatic heterocycles. The van der Waals surface area contributed by atoms with E-state index >= 15 is 0 Å². The molecule has 2 aromatic rings. The van der Waals surface area contributed by atoms with Crippen LogP contribution < -0.4 is 4.74 Å². The van der Waals surface area contributed by atoms with Crippen molar-refractivity contribution >= 4 is 5.91 Å². The molecule has 2 aromatic heterocycles. The molecule has 2 saturated heterocycles. The first-order chi connectivity index (χ1) is 12.1. The highest BCUT2D eigenvalue weighted by Gasteiger charge is 2.48. The van der Waals surface area contributed by atoms with Gasteiger partial charge >= 0.3 is 0 Å². The Kier molecular flexibility index (Phi) is 4.17. The molecule has 0 spiro atoms. The van der Waals surface area contributed by atoms with Gasteiger partial charge in [0.15, 0.2) is 5.82 Å². The SMILES string of the molecule is Cn1cccc1C(=O)N1C[C@@H](Oc2ncccc2F)[C@@H]2OCCC[C@@H]21. The van der Waals surface area contributed by atoms with E-state index in [0.717, 1.165) is 12.8 Å². The summed E-state index contributed by atoms with van der Waals surface area (Å²) in [5.74, 6) is -0.615. The monoisotopic (exact) mass is 345 g/mol. The molecule has 0 saturated carbocycles. The normalized spacial score (nSPS) is 25.7. The molecule has 4 heterocycles. The fourth-order valence-electron chi connectivity index (χ4n) is 3.68. The summed E-state index contributed by atoms with van der Waals surface area (Å²) in [6, 6.07) is 6.40. The highest BCUT2D eigenvalue weighted by molar-refractivity contribution is 5.93. The predicted molar refractivity (Wildman–Crippen MR) is 87.8 cm³/mol. The van der Waals surface area contributed by atoms with Crippen molar-refractivity contribution in [1.29, 1.82) is 0 Å². The van der Waals surface area contributed by atoms with E-state index in [1.165, 1.54) is 18.3 Å². The van der Waals surface area contributed by atoms with Gasteiger partial charge in [0.2, 0.25) is 0 Å². The number of nitrogens with zero attached hydrogens (tertiary/aromatic N) is 3. The molecule has 0 bridgehead atoms. The minimum Gasteiger partial charge on any atom is -0.468 e. The van der Waals surface area contributed by atoms with Crippen LogP contribution in [0.3, 0.4) is 0 Å². The van der Waals surface area contributed by atoms with Crippen LogP contribution in [0.4, 0.5) is 4.39 Å². The van der Waals surface area contributed by atoms with Crippen LogP contribution in [-0.4, -0.2) is 51.8 Å². The van der Waals surface area contributed by atoms with Gasteiger partial charge in [-0.15, -0.1) is 0 Å². The van der Waals surface area contributed by atoms with Crippen LogP contribution in [-0.2, 0) is 11.8 Å². The summed E-state index contributed by atoms with van der Waals surface area (Å²) < 4.78 is 27.4. The lowest BCUT2D eigenvalue weighted by Gasteiger charge is -2.32. The third-order valence-corrected chi connectivity index (χ3v) is 4.89. The molecule has 0 aliphatic carbocycles. The summed E-state index contributed by atoms with van der Waals surface area (Å²) in [5, 5.41) is 0. The van der Waals surface area contributed by atoms with Crippen LogP contribution in [0.1, 0.15) is 23.3 Å². The van der Waals surface area contributed by atoms with Crippen molar-refractivity contribution in [2.75, 3.05) is 13.2 Å². The van der Waals surface area contributed by atoms with E-state index < -0.39 is 11.9 Å². The van der Waals surface area contributed by atoms with Gasteiger partial charge in [0, 0.05) is 26.0 Å². The van der Waals surface area contributed by atoms with Crippen molar-refractivity contribution in [3.8, 4) is 5.88 Å². The summed E-state index contributed by atoms with van der Waals surface area (Å²) in [7, 11) is 1.84. The van der Waals surface area contributed by atoms with Gasteiger partial charge in [0.25, 0.3) is 11.8 Å². The predicted octanol–water partition coefficient (Wildman–Crippen LogP) is 2.01. The van der Waals surface area contributed by atoms with E-state index in [9.17, 15) is 9.18 Å². The largest absolute Gasteiger partial charge is 0.468 e. The zero-order valence-corrected chi connectivity index (χ0v) is 14.0. The zero-order valence-electron chi connectivity index (χ0n) is 14.0. The minimum absolute atomic E-state index is 0.0476. The van der Waals surface area contributed by atoms with Crippen LogP contribution in [0.25, 0.3) is 0 Å². The number of aryl methyl sites for hydroxylation is 1. The van der Waals surface area contributed by atoms with Gasteiger partial charge in [-0.05, 0) is 37.1 Å².